The van der Waals surface area contributed by atoms with E-state index in [0.717, 1.165) is 16.0 Å². The van der Waals surface area contributed by atoms with Crippen LogP contribution in [0.4, 0.5) is 10.5 Å². The number of rotatable bonds is 9. The van der Waals surface area contributed by atoms with Gasteiger partial charge in [-0.3, -0.25) is 9.59 Å². The Hall–Kier alpha value is -4.84. The quantitative estimate of drug-likeness (QED) is 0.311. The van der Waals surface area contributed by atoms with Crippen LogP contribution in [-0.2, 0) is 20.7 Å². The molecule has 0 saturated carbocycles. The van der Waals surface area contributed by atoms with Crippen LogP contribution < -0.4 is 10.6 Å². The Balaban J connectivity index is 2.09. The minimum absolute atomic E-state index is 0.0762. The Morgan fingerprint density at radius 3 is 2.22 bits per heavy atom. The number of phenolic OH excluding ortho intramolecular Hbond substituents is 1. The van der Waals surface area contributed by atoms with Gasteiger partial charge in [0.2, 0.25) is 5.91 Å². The van der Waals surface area contributed by atoms with E-state index in [1.54, 1.807) is 76.2 Å². The highest BCUT2D eigenvalue weighted by molar-refractivity contribution is 6.00. The lowest BCUT2D eigenvalue weighted by Gasteiger charge is -2.33. The Bertz CT molecular complexity index is 1430. The van der Waals surface area contributed by atoms with Crippen LogP contribution in [0.2, 0.25) is 0 Å². The number of alkyl carbamates (subject to hydrolysis) is 1. The first kappa shape index (κ1) is 30.7. The number of hydrogen-bond acceptors (Lipinski definition) is 6. The average Bonchev–Trinajstić information content (AvgIpc) is 2.91. The van der Waals surface area contributed by atoms with E-state index in [0.29, 0.717) is 11.3 Å². The molecule has 0 aliphatic heterocycles. The third kappa shape index (κ3) is 8.32. The van der Waals surface area contributed by atoms with Crippen molar-refractivity contribution in [3.05, 3.63) is 95.1 Å². The Morgan fingerprint density at radius 1 is 0.951 bits per heavy atom. The second-order valence-electron chi connectivity index (χ2n) is 10.7. The fraction of sp³-hybridized carbons (Fsp3) is 0.312. The molecular weight excluding hydrogens is 520 g/mol. The molecule has 3 rings (SSSR count). The summed E-state index contributed by atoms with van der Waals surface area (Å²) in [6, 6.07) is 20.5. The smallest absolute Gasteiger partial charge is 0.408 e. The zero-order chi connectivity index (χ0) is 30.2. The van der Waals surface area contributed by atoms with Crippen molar-refractivity contribution >= 4 is 23.6 Å². The Morgan fingerprint density at radius 2 is 1.59 bits per heavy atom. The van der Waals surface area contributed by atoms with Gasteiger partial charge in [0.1, 0.15) is 30.0 Å². The number of aryl methyl sites for hydroxylation is 2. The first-order chi connectivity index (χ1) is 19.4. The van der Waals surface area contributed by atoms with Crippen molar-refractivity contribution in [2.24, 2.45) is 0 Å². The zero-order valence-corrected chi connectivity index (χ0v) is 24.0. The molecule has 0 aliphatic carbocycles. The second-order valence-corrected chi connectivity index (χ2v) is 10.7. The molecule has 3 N–H and O–H groups in total. The largest absolute Gasteiger partial charge is 0.507 e. The zero-order valence-electron chi connectivity index (χ0n) is 24.0. The maximum atomic E-state index is 14.2. The summed E-state index contributed by atoms with van der Waals surface area (Å²) in [6.07, 6.45) is -0.740. The van der Waals surface area contributed by atoms with Crippen LogP contribution in [0.15, 0.2) is 72.8 Å². The van der Waals surface area contributed by atoms with E-state index < -0.39 is 42.1 Å². The number of anilines is 1. The van der Waals surface area contributed by atoms with Crippen molar-refractivity contribution in [2.75, 3.05) is 11.9 Å². The second kappa shape index (κ2) is 13.5. The highest BCUT2D eigenvalue weighted by Gasteiger charge is 2.38. The molecule has 0 bridgehead atoms. The average molecular weight is 557 g/mol. The van der Waals surface area contributed by atoms with Crippen molar-refractivity contribution in [2.45, 2.75) is 58.7 Å². The number of nitriles is 1. The predicted molar refractivity (Wildman–Crippen MR) is 156 cm³/mol. The van der Waals surface area contributed by atoms with Crippen LogP contribution in [0.3, 0.4) is 0 Å². The van der Waals surface area contributed by atoms with Gasteiger partial charge in [-0.15, -0.1) is 0 Å². The maximum absolute atomic E-state index is 14.2. The van der Waals surface area contributed by atoms with Gasteiger partial charge in [0.15, 0.2) is 0 Å². The van der Waals surface area contributed by atoms with Gasteiger partial charge >= 0.3 is 6.09 Å². The van der Waals surface area contributed by atoms with Gasteiger partial charge in [-0.05, 0) is 57.4 Å². The first-order valence-electron chi connectivity index (χ1n) is 13.3. The van der Waals surface area contributed by atoms with E-state index in [9.17, 15) is 24.8 Å². The minimum atomic E-state index is -1.39. The summed E-state index contributed by atoms with van der Waals surface area (Å²) in [5.74, 6) is -1.49. The molecule has 2 unspecified atom stereocenters. The predicted octanol–water partition coefficient (Wildman–Crippen LogP) is 5.18. The minimum Gasteiger partial charge on any atom is -0.507 e. The van der Waals surface area contributed by atoms with Gasteiger partial charge in [-0.1, -0.05) is 66.7 Å². The Kier molecular flexibility index (Phi) is 10.1. The SMILES string of the molecule is Cc1ccccc1NC(=O)C(c1cccc(C)c1O)N(CC#N)C(=O)C(Cc1ccccc1)NC(=O)OC(C)(C)C. The monoisotopic (exact) mass is 556 g/mol. The lowest BCUT2D eigenvalue weighted by atomic mass is 9.98. The number of aromatic hydroxyl groups is 1. The van der Waals surface area contributed by atoms with Crippen LogP contribution in [0, 0.1) is 25.2 Å². The highest BCUT2D eigenvalue weighted by atomic mass is 16.6. The molecule has 41 heavy (non-hydrogen) atoms. The molecule has 9 nitrogen and oxygen atoms in total. The lowest BCUT2D eigenvalue weighted by Crippen LogP contribution is -2.53. The molecule has 3 aromatic rings. The van der Waals surface area contributed by atoms with E-state index >= 15 is 0 Å². The van der Waals surface area contributed by atoms with Gasteiger partial charge in [0.25, 0.3) is 5.91 Å². The molecule has 3 aromatic carbocycles. The molecule has 0 radical (unpaired) electrons. The van der Waals surface area contributed by atoms with Crippen molar-refractivity contribution < 1.29 is 24.2 Å². The topological polar surface area (TPSA) is 132 Å². The number of carbonyl (C=O) groups excluding carboxylic acids is 3. The molecule has 214 valence electrons. The molecule has 9 heteroatoms. The third-order valence-electron chi connectivity index (χ3n) is 6.32. The number of ether oxygens (including phenoxy) is 1. The number of amides is 3. The molecule has 0 aromatic heterocycles. The lowest BCUT2D eigenvalue weighted by molar-refractivity contribution is -0.140. The summed E-state index contributed by atoms with van der Waals surface area (Å²) in [7, 11) is 0. The number of hydrogen-bond donors (Lipinski definition) is 3. The fourth-order valence-corrected chi connectivity index (χ4v) is 4.34. The van der Waals surface area contributed by atoms with Gasteiger partial charge in [0.05, 0.1) is 6.07 Å². The number of benzene rings is 3. The van der Waals surface area contributed by atoms with Gasteiger partial charge in [-0.2, -0.15) is 5.26 Å². The van der Waals surface area contributed by atoms with E-state index in [-0.39, 0.29) is 17.7 Å². The summed E-state index contributed by atoms with van der Waals surface area (Å²) in [5, 5.41) is 26.2. The van der Waals surface area contributed by atoms with E-state index in [1.807, 2.05) is 31.2 Å². The summed E-state index contributed by atoms with van der Waals surface area (Å²) < 4.78 is 5.41. The summed E-state index contributed by atoms with van der Waals surface area (Å²) in [6.45, 7) is 8.12. The molecule has 0 spiro atoms. The van der Waals surface area contributed by atoms with Gasteiger partial charge in [-0.25, -0.2) is 4.79 Å². The fourth-order valence-electron chi connectivity index (χ4n) is 4.34. The van der Waals surface area contributed by atoms with E-state index in [4.69, 9.17) is 4.74 Å². The van der Waals surface area contributed by atoms with Crippen LogP contribution in [-0.4, -0.2) is 46.1 Å². The van der Waals surface area contributed by atoms with Gasteiger partial charge in [0, 0.05) is 17.7 Å². The van der Waals surface area contributed by atoms with Crippen molar-refractivity contribution in [1.82, 2.24) is 10.2 Å². The molecule has 0 heterocycles. The molecule has 2 atom stereocenters. The van der Waals surface area contributed by atoms with Crippen LogP contribution in [0.5, 0.6) is 5.75 Å². The van der Waals surface area contributed by atoms with Crippen LogP contribution >= 0.6 is 0 Å². The molecule has 0 saturated heterocycles. The number of carbonyl (C=O) groups is 3. The van der Waals surface area contributed by atoms with E-state index in [2.05, 4.69) is 10.6 Å². The number of phenols is 1. The molecular formula is C32H36N4O5. The maximum Gasteiger partial charge on any atom is 0.408 e. The van der Waals surface area contributed by atoms with Crippen molar-refractivity contribution in [3.8, 4) is 11.8 Å². The molecule has 0 aliphatic rings. The summed E-state index contributed by atoms with van der Waals surface area (Å²) >= 11 is 0. The normalized spacial score (nSPS) is 12.4. The molecule has 3 amide bonds. The van der Waals surface area contributed by atoms with Crippen LogP contribution in [0.1, 0.15) is 49.1 Å². The standard InChI is InChI=1S/C32H36N4O5/c1-21-12-9-10-17-25(21)34-29(38)27(24-16-11-13-22(2)28(24)37)36(19-18-33)30(39)26(20-23-14-7-6-8-15-23)35-31(40)41-32(3,4)5/h6-17,26-27,37H,19-20H2,1-5H3,(H,34,38)(H,35,40). The number of nitrogens with zero attached hydrogens (tertiary/aromatic N) is 2. The van der Waals surface area contributed by atoms with E-state index in [1.165, 1.54) is 6.07 Å². The van der Waals surface area contributed by atoms with Crippen molar-refractivity contribution in [1.29, 1.82) is 5.26 Å². The number of para-hydroxylation sites is 2. The Labute approximate surface area is 240 Å². The summed E-state index contributed by atoms with van der Waals surface area (Å²) in [5.41, 5.74) is 1.88. The number of nitrogens with one attached hydrogen (secondary N) is 2. The highest BCUT2D eigenvalue weighted by Crippen LogP contribution is 2.33. The molecule has 0 fully saturated rings. The van der Waals surface area contributed by atoms with Crippen molar-refractivity contribution in [3.63, 3.8) is 0 Å². The first-order valence-corrected chi connectivity index (χ1v) is 13.3. The summed E-state index contributed by atoms with van der Waals surface area (Å²) in [4.78, 5) is 42.0. The third-order valence-corrected chi connectivity index (χ3v) is 6.32. The van der Waals surface area contributed by atoms with Crippen LogP contribution in [0.25, 0.3) is 0 Å². The van der Waals surface area contributed by atoms with Gasteiger partial charge < -0.3 is 25.4 Å².